The Morgan fingerprint density at radius 2 is 2.05 bits per heavy atom. The smallest absolute Gasteiger partial charge is 0.259 e. The van der Waals surface area contributed by atoms with Gasteiger partial charge in [0.25, 0.3) is 5.91 Å². The predicted octanol–water partition coefficient (Wildman–Crippen LogP) is 3.78. The Balaban J connectivity index is 2.28. The van der Waals surface area contributed by atoms with Gasteiger partial charge in [-0.15, -0.1) is 0 Å². The zero-order valence-corrected chi connectivity index (χ0v) is 12.8. The third-order valence-electron chi connectivity index (χ3n) is 4.35. The summed E-state index contributed by atoms with van der Waals surface area (Å²) in [6, 6.07) is 10.2. The number of pyridine rings is 1. The van der Waals surface area contributed by atoms with Crippen LogP contribution in [-0.2, 0) is 6.42 Å². The lowest BCUT2D eigenvalue weighted by atomic mass is 9.89. The van der Waals surface area contributed by atoms with Crippen molar-refractivity contribution in [2.75, 3.05) is 11.9 Å². The summed E-state index contributed by atoms with van der Waals surface area (Å²) in [5, 5.41) is 0. The first-order valence-corrected chi connectivity index (χ1v) is 7.53. The van der Waals surface area contributed by atoms with Crippen LogP contribution in [0.2, 0.25) is 0 Å². The van der Waals surface area contributed by atoms with Gasteiger partial charge in [0.15, 0.2) is 0 Å². The summed E-state index contributed by atoms with van der Waals surface area (Å²) in [5.74, 6) is 0.208. The predicted molar refractivity (Wildman–Crippen MR) is 84.9 cm³/mol. The van der Waals surface area contributed by atoms with Crippen molar-refractivity contribution in [3.63, 3.8) is 0 Å². The van der Waals surface area contributed by atoms with E-state index in [-0.39, 0.29) is 11.8 Å². The van der Waals surface area contributed by atoms with Crippen molar-refractivity contribution in [1.29, 1.82) is 0 Å². The van der Waals surface area contributed by atoms with Gasteiger partial charge < -0.3 is 4.90 Å². The standard InChI is InChI=1S/C18H20N2O/c1-4-12-8-9-14-13(5-2)17-15(7-6-10-19-17)18(21)20(3)16(14)11-12/h6-11,13H,4-5H2,1-3H3. The number of aryl methyl sites for hydroxylation is 1. The van der Waals surface area contributed by atoms with Crippen molar-refractivity contribution >= 4 is 11.6 Å². The molecule has 1 amide bonds. The summed E-state index contributed by atoms with van der Waals surface area (Å²) in [7, 11) is 1.86. The number of nitrogens with zero attached hydrogens (tertiary/aromatic N) is 2. The van der Waals surface area contributed by atoms with E-state index in [4.69, 9.17) is 0 Å². The summed E-state index contributed by atoms with van der Waals surface area (Å²) in [5.41, 5.74) is 5.09. The molecule has 3 nitrogen and oxygen atoms in total. The Bertz CT molecular complexity index is 693. The maximum Gasteiger partial charge on any atom is 0.259 e. The van der Waals surface area contributed by atoms with Crippen molar-refractivity contribution in [2.45, 2.75) is 32.6 Å². The van der Waals surface area contributed by atoms with E-state index in [9.17, 15) is 4.79 Å². The minimum Gasteiger partial charge on any atom is -0.311 e. The summed E-state index contributed by atoms with van der Waals surface area (Å²) < 4.78 is 0. The van der Waals surface area contributed by atoms with Crippen molar-refractivity contribution in [1.82, 2.24) is 4.98 Å². The number of carbonyl (C=O) groups is 1. The van der Waals surface area contributed by atoms with Gasteiger partial charge in [0.05, 0.1) is 11.3 Å². The van der Waals surface area contributed by atoms with Crippen LogP contribution < -0.4 is 4.90 Å². The van der Waals surface area contributed by atoms with Crippen LogP contribution in [0.3, 0.4) is 0 Å². The van der Waals surface area contributed by atoms with E-state index in [1.165, 1.54) is 11.1 Å². The summed E-state index contributed by atoms with van der Waals surface area (Å²) in [6.45, 7) is 4.28. The number of rotatable bonds is 2. The van der Waals surface area contributed by atoms with Crippen LogP contribution in [0.1, 0.15) is 53.4 Å². The lowest BCUT2D eigenvalue weighted by Crippen LogP contribution is -2.26. The maximum absolute atomic E-state index is 12.7. The zero-order valence-electron chi connectivity index (χ0n) is 12.8. The van der Waals surface area contributed by atoms with Crippen LogP contribution in [0.15, 0.2) is 36.5 Å². The van der Waals surface area contributed by atoms with E-state index in [2.05, 4.69) is 37.0 Å². The fourth-order valence-electron chi connectivity index (χ4n) is 3.12. The molecule has 3 rings (SSSR count). The van der Waals surface area contributed by atoms with Gasteiger partial charge in [-0.05, 0) is 42.2 Å². The topological polar surface area (TPSA) is 33.2 Å². The first-order valence-electron chi connectivity index (χ1n) is 7.53. The molecular formula is C18H20N2O. The van der Waals surface area contributed by atoms with Crippen molar-refractivity contribution < 1.29 is 4.79 Å². The van der Waals surface area contributed by atoms with Gasteiger partial charge in [0, 0.05) is 24.8 Å². The van der Waals surface area contributed by atoms with Gasteiger partial charge in [0.1, 0.15) is 0 Å². The second-order valence-electron chi connectivity index (χ2n) is 5.51. The summed E-state index contributed by atoms with van der Waals surface area (Å²) in [4.78, 5) is 19.0. The first-order chi connectivity index (χ1) is 10.2. The van der Waals surface area contributed by atoms with E-state index in [0.29, 0.717) is 0 Å². The molecule has 0 N–H and O–H groups in total. The van der Waals surface area contributed by atoms with Gasteiger partial charge in [-0.25, -0.2) is 0 Å². The average Bonchev–Trinajstić information content (AvgIpc) is 2.62. The molecule has 0 spiro atoms. The number of anilines is 1. The van der Waals surface area contributed by atoms with Gasteiger partial charge >= 0.3 is 0 Å². The number of carbonyl (C=O) groups excluding carboxylic acids is 1. The Kier molecular flexibility index (Phi) is 3.50. The average molecular weight is 280 g/mol. The quantitative estimate of drug-likeness (QED) is 0.839. The monoisotopic (exact) mass is 280 g/mol. The second kappa shape index (κ2) is 5.32. The molecule has 21 heavy (non-hydrogen) atoms. The molecule has 108 valence electrons. The zero-order chi connectivity index (χ0) is 15.0. The molecule has 2 aromatic rings. The largest absolute Gasteiger partial charge is 0.311 e. The van der Waals surface area contributed by atoms with E-state index < -0.39 is 0 Å². The van der Waals surface area contributed by atoms with Crippen LogP contribution >= 0.6 is 0 Å². The Morgan fingerprint density at radius 1 is 1.24 bits per heavy atom. The Labute approximate surface area is 125 Å². The molecule has 1 unspecified atom stereocenters. The molecule has 0 fully saturated rings. The Morgan fingerprint density at radius 3 is 2.76 bits per heavy atom. The van der Waals surface area contributed by atoms with Crippen LogP contribution in [0.4, 0.5) is 5.69 Å². The van der Waals surface area contributed by atoms with E-state index in [0.717, 1.165) is 29.8 Å². The lowest BCUT2D eigenvalue weighted by molar-refractivity contribution is 0.0992. The van der Waals surface area contributed by atoms with Crippen molar-refractivity contribution in [3.05, 3.63) is 58.9 Å². The Hall–Kier alpha value is -2.16. The fourth-order valence-corrected chi connectivity index (χ4v) is 3.12. The third kappa shape index (κ3) is 2.13. The number of fused-ring (bicyclic) bond motifs is 2. The van der Waals surface area contributed by atoms with Gasteiger partial charge in [-0.3, -0.25) is 9.78 Å². The number of benzene rings is 1. The van der Waals surface area contributed by atoms with Gasteiger partial charge in [-0.1, -0.05) is 26.0 Å². The normalized spacial score (nSPS) is 17.2. The number of amides is 1. The molecule has 0 saturated carbocycles. The van der Waals surface area contributed by atoms with Gasteiger partial charge in [-0.2, -0.15) is 0 Å². The highest BCUT2D eigenvalue weighted by molar-refractivity contribution is 6.08. The SMILES string of the molecule is CCc1ccc2c(c1)N(C)C(=O)c1cccnc1C2CC. The molecule has 1 aliphatic rings. The number of hydrogen-bond acceptors (Lipinski definition) is 2. The second-order valence-corrected chi connectivity index (χ2v) is 5.51. The van der Waals surface area contributed by atoms with E-state index in [1.54, 1.807) is 11.1 Å². The molecule has 1 aromatic heterocycles. The van der Waals surface area contributed by atoms with Crippen LogP contribution in [0.5, 0.6) is 0 Å². The minimum atomic E-state index is 0.0311. The molecule has 1 atom stereocenters. The maximum atomic E-state index is 12.7. The number of aromatic nitrogens is 1. The fraction of sp³-hybridized carbons (Fsp3) is 0.333. The summed E-state index contributed by atoms with van der Waals surface area (Å²) >= 11 is 0. The lowest BCUT2D eigenvalue weighted by Gasteiger charge is -2.20. The first kappa shape index (κ1) is 13.8. The summed E-state index contributed by atoms with van der Waals surface area (Å²) in [6.07, 6.45) is 3.68. The molecule has 0 radical (unpaired) electrons. The highest BCUT2D eigenvalue weighted by atomic mass is 16.2. The highest BCUT2D eigenvalue weighted by Crippen LogP contribution is 2.39. The van der Waals surface area contributed by atoms with Crippen LogP contribution in [0.25, 0.3) is 0 Å². The van der Waals surface area contributed by atoms with Crippen LogP contribution in [0, 0.1) is 0 Å². The van der Waals surface area contributed by atoms with Gasteiger partial charge in [0.2, 0.25) is 0 Å². The molecule has 1 aromatic carbocycles. The molecule has 1 aliphatic heterocycles. The molecule has 0 aliphatic carbocycles. The van der Waals surface area contributed by atoms with Crippen molar-refractivity contribution in [2.24, 2.45) is 0 Å². The number of hydrogen-bond donors (Lipinski definition) is 0. The van der Waals surface area contributed by atoms with Crippen LogP contribution in [-0.4, -0.2) is 17.9 Å². The van der Waals surface area contributed by atoms with Crippen molar-refractivity contribution in [3.8, 4) is 0 Å². The van der Waals surface area contributed by atoms with E-state index in [1.807, 2.05) is 19.2 Å². The molecular weight excluding hydrogens is 260 g/mol. The minimum absolute atomic E-state index is 0.0311. The third-order valence-corrected chi connectivity index (χ3v) is 4.35. The molecule has 2 heterocycles. The molecule has 0 saturated heterocycles. The molecule has 0 bridgehead atoms. The highest BCUT2D eigenvalue weighted by Gasteiger charge is 2.30. The van der Waals surface area contributed by atoms with E-state index >= 15 is 0 Å². The molecule has 3 heteroatoms.